The molecule has 0 aromatic rings. The first kappa shape index (κ1) is 8.97. The molecule has 3 heteroatoms. The summed E-state index contributed by atoms with van der Waals surface area (Å²) in [7, 11) is 1.66. The van der Waals surface area contributed by atoms with Crippen molar-refractivity contribution in [1.29, 1.82) is 0 Å². The Hall–Kier alpha value is -0.120. The summed E-state index contributed by atoms with van der Waals surface area (Å²) in [6, 6.07) is 0.00926. The molecule has 0 aromatic heterocycles. The minimum absolute atomic E-state index is 0.00926. The first-order chi connectivity index (χ1) is 5.19. The molecule has 0 saturated carbocycles. The van der Waals surface area contributed by atoms with Crippen molar-refractivity contribution in [2.75, 3.05) is 20.3 Å². The van der Waals surface area contributed by atoms with Crippen molar-refractivity contribution in [3.63, 3.8) is 0 Å². The zero-order valence-corrected chi connectivity index (χ0v) is 7.30. The first-order valence-electron chi connectivity index (χ1n) is 4.07. The van der Waals surface area contributed by atoms with E-state index in [1.165, 1.54) is 0 Å². The minimum atomic E-state index is -0.143. The SMILES string of the molecule is COCC(N)C1(C)CCCO1. The lowest BCUT2D eigenvalue weighted by Gasteiger charge is -2.29. The summed E-state index contributed by atoms with van der Waals surface area (Å²) < 4.78 is 10.5. The van der Waals surface area contributed by atoms with Gasteiger partial charge in [0.25, 0.3) is 0 Å². The van der Waals surface area contributed by atoms with E-state index in [1.54, 1.807) is 7.11 Å². The molecule has 1 aliphatic heterocycles. The Labute approximate surface area is 67.9 Å². The molecule has 2 N–H and O–H groups in total. The number of hydrogen-bond acceptors (Lipinski definition) is 3. The van der Waals surface area contributed by atoms with Crippen molar-refractivity contribution in [1.82, 2.24) is 0 Å². The summed E-state index contributed by atoms with van der Waals surface area (Å²) in [6.07, 6.45) is 2.17. The average molecular weight is 159 g/mol. The summed E-state index contributed by atoms with van der Waals surface area (Å²) in [5.74, 6) is 0. The van der Waals surface area contributed by atoms with Crippen molar-refractivity contribution >= 4 is 0 Å². The van der Waals surface area contributed by atoms with Gasteiger partial charge in [-0.25, -0.2) is 0 Å². The summed E-state index contributed by atoms with van der Waals surface area (Å²) in [4.78, 5) is 0. The van der Waals surface area contributed by atoms with Crippen molar-refractivity contribution in [2.24, 2.45) is 5.73 Å². The van der Waals surface area contributed by atoms with Crippen LogP contribution in [0.15, 0.2) is 0 Å². The zero-order chi connectivity index (χ0) is 8.32. The maximum Gasteiger partial charge on any atom is 0.0828 e. The van der Waals surface area contributed by atoms with Crippen LogP contribution in [0.4, 0.5) is 0 Å². The molecule has 0 aliphatic carbocycles. The van der Waals surface area contributed by atoms with Crippen LogP contribution in [0, 0.1) is 0 Å². The fourth-order valence-electron chi connectivity index (χ4n) is 1.45. The fraction of sp³-hybridized carbons (Fsp3) is 1.00. The van der Waals surface area contributed by atoms with Crippen LogP contribution in [0.3, 0.4) is 0 Å². The Kier molecular flexibility index (Phi) is 2.87. The molecule has 0 spiro atoms. The Morgan fingerprint density at radius 1 is 1.73 bits per heavy atom. The van der Waals surface area contributed by atoms with Gasteiger partial charge in [-0.05, 0) is 19.8 Å². The molecule has 1 heterocycles. The maximum atomic E-state index is 5.87. The minimum Gasteiger partial charge on any atom is -0.383 e. The molecule has 0 aromatic carbocycles. The van der Waals surface area contributed by atoms with Gasteiger partial charge in [-0.1, -0.05) is 0 Å². The van der Waals surface area contributed by atoms with E-state index in [2.05, 4.69) is 6.92 Å². The number of ether oxygens (including phenoxy) is 2. The van der Waals surface area contributed by atoms with Crippen LogP contribution in [-0.2, 0) is 9.47 Å². The normalized spacial score (nSPS) is 34.1. The van der Waals surface area contributed by atoms with Gasteiger partial charge in [-0.15, -0.1) is 0 Å². The number of nitrogens with two attached hydrogens (primary N) is 1. The van der Waals surface area contributed by atoms with Crippen molar-refractivity contribution in [3.05, 3.63) is 0 Å². The molecule has 3 nitrogen and oxygen atoms in total. The van der Waals surface area contributed by atoms with Crippen LogP contribution in [0.1, 0.15) is 19.8 Å². The lowest BCUT2D eigenvalue weighted by atomic mass is 9.94. The molecule has 0 bridgehead atoms. The average Bonchev–Trinajstić information content (AvgIpc) is 2.38. The Bertz CT molecular complexity index is 121. The van der Waals surface area contributed by atoms with E-state index in [0.717, 1.165) is 19.4 Å². The van der Waals surface area contributed by atoms with Crippen LogP contribution in [-0.4, -0.2) is 32.0 Å². The van der Waals surface area contributed by atoms with E-state index >= 15 is 0 Å². The summed E-state index contributed by atoms with van der Waals surface area (Å²) >= 11 is 0. The Balaban J connectivity index is 2.42. The molecule has 1 saturated heterocycles. The highest BCUT2D eigenvalue weighted by atomic mass is 16.5. The molecular weight excluding hydrogens is 142 g/mol. The van der Waals surface area contributed by atoms with Gasteiger partial charge < -0.3 is 15.2 Å². The monoisotopic (exact) mass is 159 g/mol. The van der Waals surface area contributed by atoms with Gasteiger partial charge in [0.2, 0.25) is 0 Å². The second-order valence-electron chi connectivity index (χ2n) is 3.33. The van der Waals surface area contributed by atoms with E-state index < -0.39 is 0 Å². The third-order valence-corrected chi connectivity index (χ3v) is 2.38. The quantitative estimate of drug-likeness (QED) is 0.653. The molecule has 66 valence electrons. The summed E-state index contributed by atoms with van der Waals surface area (Å²) in [5, 5.41) is 0. The summed E-state index contributed by atoms with van der Waals surface area (Å²) in [6.45, 7) is 3.48. The van der Waals surface area contributed by atoms with Crippen LogP contribution in [0.25, 0.3) is 0 Å². The zero-order valence-electron chi connectivity index (χ0n) is 7.30. The largest absolute Gasteiger partial charge is 0.383 e. The smallest absolute Gasteiger partial charge is 0.0828 e. The lowest BCUT2D eigenvalue weighted by molar-refractivity contribution is -0.0211. The van der Waals surface area contributed by atoms with E-state index in [1.807, 2.05) is 0 Å². The van der Waals surface area contributed by atoms with Gasteiger partial charge in [-0.2, -0.15) is 0 Å². The van der Waals surface area contributed by atoms with Crippen LogP contribution in [0.2, 0.25) is 0 Å². The van der Waals surface area contributed by atoms with E-state index in [4.69, 9.17) is 15.2 Å². The Morgan fingerprint density at radius 3 is 2.91 bits per heavy atom. The molecule has 1 fully saturated rings. The molecule has 2 atom stereocenters. The molecule has 1 aliphatic rings. The summed E-state index contributed by atoms with van der Waals surface area (Å²) in [5.41, 5.74) is 5.73. The third-order valence-electron chi connectivity index (χ3n) is 2.38. The maximum absolute atomic E-state index is 5.87. The number of hydrogen-bond donors (Lipinski definition) is 1. The number of rotatable bonds is 3. The van der Waals surface area contributed by atoms with Crippen LogP contribution >= 0.6 is 0 Å². The topological polar surface area (TPSA) is 44.5 Å². The third kappa shape index (κ3) is 1.92. The number of methoxy groups -OCH3 is 1. The van der Waals surface area contributed by atoms with Gasteiger partial charge in [0.1, 0.15) is 0 Å². The second-order valence-corrected chi connectivity index (χ2v) is 3.33. The van der Waals surface area contributed by atoms with Crippen molar-refractivity contribution in [3.8, 4) is 0 Å². The first-order valence-corrected chi connectivity index (χ1v) is 4.07. The molecule has 11 heavy (non-hydrogen) atoms. The highest BCUT2D eigenvalue weighted by molar-refractivity contribution is 4.90. The van der Waals surface area contributed by atoms with Crippen LogP contribution in [0.5, 0.6) is 0 Å². The highest BCUT2D eigenvalue weighted by Gasteiger charge is 2.35. The molecule has 2 unspecified atom stereocenters. The van der Waals surface area contributed by atoms with Crippen LogP contribution < -0.4 is 5.73 Å². The Morgan fingerprint density at radius 2 is 2.45 bits per heavy atom. The second kappa shape index (κ2) is 3.52. The van der Waals surface area contributed by atoms with E-state index in [0.29, 0.717) is 6.61 Å². The van der Waals surface area contributed by atoms with Gasteiger partial charge in [0.15, 0.2) is 0 Å². The molecular formula is C8H17NO2. The predicted molar refractivity (Wildman–Crippen MR) is 43.4 cm³/mol. The fourth-order valence-corrected chi connectivity index (χ4v) is 1.45. The van der Waals surface area contributed by atoms with Crippen molar-refractivity contribution in [2.45, 2.75) is 31.4 Å². The lowest BCUT2D eigenvalue weighted by Crippen LogP contribution is -2.47. The van der Waals surface area contributed by atoms with Gasteiger partial charge >= 0.3 is 0 Å². The molecule has 0 amide bonds. The van der Waals surface area contributed by atoms with E-state index in [9.17, 15) is 0 Å². The molecule has 0 radical (unpaired) electrons. The van der Waals surface area contributed by atoms with Crippen molar-refractivity contribution < 1.29 is 9.47 Å². The van der Waals surface area contributed by atoms with Gasteiger partial charge in [-0.3, -0.25) is 0 Å². The van der Waals surface area contributed by atoms with E-state index in [-0.39, 0.29) is 11.6 Å². The van der Waals surface area contributed by atoms with Gasteiger partial charge in [0.05, 0.1) is 18.2 Å². The highest BCUT2D eigenvalue weighted by Crippen LogP contribution is 2.27. The molecule has 1 rings (SSSR count). The van der Waals surface area contributed by atoms with Gasteiger partial charge in [0, 0.05) is 13.7 Å². The predicted octanol–water partition coefficient (Wildman–Crippen LogP) is 0.529. The standard InChI is InChI=1S/C8H17NO2/c1-8(4-3-5-11-8)7(9)6-10-2/h7H,3-6,9H2,1-2H3.